The number of likely N-dealkylation sites (N-methyl/N-ethyl adjacent to an activating group) is 1. The molecule has 1 fully saturated rings. The van der Waals surface area contributed by atoms with E-state index in [2.05, 4.69) is 27.2 Å². The van der Waals surface area contributed by atoms with Gasteiger partial charge in [0.2, 0.25) is 5.91 Å². The highest BCUT2D eigenvalue weighted by molar-refractivity contribution is 7.13. The summed E-state index contributed by atoms with van der Waals surface area (Å²) in [5.74, 6) is -1.50. The van der Waals surface area contributed by atoms with Gasteiger partial charge < -0.3 is 26.6 Å². The van der Waals surface area contributed by atoms with E-state index in [1.807, 2.05) is 14.1 Å². The number of aromatic nitrogens is 2. The van der Waals surface area contributed by atoms with Crippen LogP contribution in [-0.4, -0.2) is 71.1 Å². The molecule has 0 atom stereocenters. The maximum Gasteiger partial charge on any atom is 0.314 e. The zero-order valence-electron chi connectivity index (χ0n) is 21.3. The smallest absolute Gasteiger partial charge is 0.314 e. The molecule has 5 N–H and O–H groups in total. The largest absolute Gasteiger partial charge is 0.364 e. The van der Waals surface area contributed by atoms with Crippen LogP contribution in [0.15, 0.2) is 18.3 Å². The minimum absolute atomic E-state index is 0.230. The molecule has 0 saturated heterocycles. The number of primary amides is 2. The first-order valence-corrected chi connectivity index (χ1v) is 13.1. The third kappa shape index (κ3) is 10.1. The minimum atomic E-state index is -1.06. The number of nitrogens with zero attached hydrogens (tertiary/aromatic N) is 4. The minimum Gasteiger partial charge on any atom is -0.364 e. The number of anilines is 1. The zero-order valence-corrected chi connectivity index (χ0v) is 22.9. The molecule has 0 spiro atoms. The number of amides is 4. The fraction of sp³-hybridized carbons (Fsp3) is 0.500. The van der Waals surface area contributed by atoms with Crippen LogP contribution in [0.4, 0.5) is 5.82 Å². The molecule has 0 aromatic carbocycles. The molecule has 37 heavy (non-hydrogen) atoms. The molecule has 2 aliphatic rings. The van der Waals surface area contributed by atoms with E-state index in [1.54, 1.807) is 4.90 Å². The van der Waals surface area contributed by atoms with Crippen LogP contribution in [0.3, 0.4) is 0 Å². The van der Waals surface area contributed by atoms with Gasteiger partial charge in [0.05, 0.1) is 10.7 Å². The Morgan fingerprint density at radius 2 is 1.81 bits per heavy atom. The van der Waals surface area contributed by atoms with E-state index in [1.165, 1.54) is 53.8 Å². The Kier molecular flexibility index (Phi) is 11.9. The molecule has 1 saturated carbocycles. The number of carbonyl (C=O) groups is 4. The molecule has 202 valence electrons. The van der Waals surface area contributed by atoms with Gasteiger partial charge in [0.1, 0.15) is 5.82 Å². The predicted molar refractivity (Wildman–Crippen MR) is 143 cm³/mol. The Bertz CT molecular complexity index is 1090. The topological polar surface area (TPSA) is 165 Å². The number of pyridine rings is 1. The van der Waals surface area contributed by atoms with Crippen molar-refractivity contribution in [1.82, 2.24) is 19.8 Å². The van der Waals surface area contributed by atoms with Crippen molar-refractivity contribution >= 4 is 52.4 Å². The van der Waals surface area contributed by atoms with Crippen LogP contribution in [0.2, 0.25) is 5.02 Å². The van der Waals surface area contributed by atoms with Crippen molar-refractivity contribution in [2.24, 2.45) is 17.4 Å². The number of hydrogen-bond donors (Lipinski definition) is 3. The van der Waals surface area contributed by atoms with Gasteiger partial charge in [-0.3, -0.25) is 19.2 Å². The fourth-order valence-corrected chi connectivity index (χ4v) is 4.92. The van der Waals surface area contributed by atoms with Gasteiger partial charge >= 0.3 is 11.8 Å². The summed E-state index contributed by atoms with van der Waals surface area (Å²) in [5, 5.41) is 3.07. The van der Waals surface area contributed by atoms with Crippen molar-refractivity contribution in [2.75, 3.05) is 33.0 Å². The van der Waals surface area contributed by atoms with E-state index in [9.17, 15) is 19.2 Å². The number of hydrogen-bond acceptors (Lipinski definition) is 8. The lowest BCUT2D eigenvalue weighted by Crippen LogP contribution is -2.30. The van der Waals surface area contributed by atoms with Crippen molar-refractivity contribution in [3.05, 3.63) is 38.9 Å². The van der Waals surface area contributed by atoms with Gasteiger partial charge in [0, 0.05) is 50.6 Å². The second kappa shape index (κ2) is 14.6. The van der Waals surface area contributed by atoms with Crippen molar-refractivity contribution < 1.29 is 19.2 Å². The first-order valence-electron chi connectivity index (χ1n) is 11.9. The second-order valence-electron chi connectivity index (χ2n) is 8.99. The SMILES string of the molecule is CN(C)C(=O)C1CCCCC1.CN1CCc2nc(C(N)=O)sc2C1.NC(=O)C(=O)Nc1ccc(Cl)cn1. The summed E-state index contributed by atoms with van der Waals surface area (Å²) in [5.41, 5.74) is 10.9. The van der Waals surface area contributed by atoms with Crippen LogP contribution in [0.5, 0.6) is 0 Å². The molecule has 13 heteroatoms. The van der Waals surface area contributed by atoms with Crippen molar-refractivity contribution in [3.63, 3.8) is 0 Å². The third-order valence-electron chi connectivity index (χ3n) is 5.72. The summed E-state index contributed by atoms with van der Waals surface area (Å²) < 4.78 is 0. The lowest BCUT2D eigenvalue weighted by molar-refractivity contribution is -0.134. The average molecular weight is 552 g/mol. The van der Waals surface area contributed by atoms with Gasteiger partial charge in [0.25, 0.3) is 5.91 Å². The van der Waals surface area contributed by atoms with Gasteiger partial charge in [0.15, 0.2) is 5.01 Å². The molecule has 2 aromatic rings. The highest BCUT2D eigenvalue weighted by atomic mass is 35.5. The number of carbonyl (C=O) groups excluding carboxylic acids is 4. The monoisotopic (exact) mass is 551 g/mol. The first-order chi connectivity index (χ1) is 17.5. The number of thiazole rings is 1. The summed E-state index contributed by atoms with van der Waals surface area (Å²) in [6, 6.07) is 2.99. The molecule has 4 rings (SSSR count). The molecular formula is C24H34ClN7O4S. The Labute approximate surface area is 225 Å². The van der Waals surface area contributed by atoms with Gasteiger partial charge in [-0.2, -0.15) is 0 Å². The van der Waals surface area contributed by atoms with E-state index in [-0.39, 0.29) is 5.82 Å². The Morgan fingerprint density at radius 1 is 1.14 bits per heavy atom. The van der Waals surface area contributed by atoms with Gasteiger partial charge in [-0.25, -0.2) is 9.97 Å². The molecule has 1 aliphatic carbocycles. The summed E-state index contributed by atoms with van der Waals surface area (Å²) in [6.07, 6.45) is 8.29. The van der Waals surface area contributed by atoms with E-state index in [4.69, 9.17) is 23.1 Å². The maximum absolute atomic E-state index is 11.4. The Morgan fingerprint density at radius 3 is 2.35 bits per heavy atom. The van der Waals surface area contributed by atoms with Crippen LogP contribution in [0, 0.1) is 5.92 Å². The van der Waals surface area contributed by atoms with Crippen LogP contribution in [0.25, 0.3) is 0 Å². The summed E-state index contributed by atoms with van der Waals surface area (Å²) in [7, 11) is 5.75. The molecule has 3 heterocycles. The highest BCUT2D eigenvalue weighted by Crippen LogP contribution is 2.25. The van der Waals surface area contributed by atoms with Crippen molar-refractivity contribution in [1.29, 1.82) is 0 Å². The number of nitrogens with two attached hydrogens (primary N) is 2. The fourth-order valence-electron chi connectivity index (χ4n) is 3.77. The Balaban J connectivity index is 0.000000196. The molecule has 1 aliphatic heterocycles. The molecule has 4 amide bonds. The predicted octanol–water partition coefficient (Wildman–Crippen LogP) is 2.04. The van der Waals surface area contributed by atoms with Crippen LogP contribution >= 0.6 is 22.9 Å². The van der Waals surface area contributed by atoms with Gasteiger partial charge in [-0.1, -0.05) is 30.9 Å². The lowest BCUT2D eigenvalue weighted by Gasteiger charge is -2.23. The average Bonchev–Trinajstić information content (AvgIpc) is 3.30. The first kappa shape index (κ1) is 30.1. The van der Waals surface area contributed by atoms with Crippen LogP contribution in [-0.2, 0) is 27.3 Å². The molecule has 11 nitrogen and oxygen atoms in total. The van der Waals surface area contributed by atoms with E-state index in [0.717, 1.165) is 38.0 Å². The Hall–Kier alpha value is -3.09. The standard InChI is InChI=1S/C9H17NO.C8H11N3OS.C7H6ClN3O2/c1-10(2)9(11)8-6-4-3-5-7-8;1-11-3-2-5-6(4-11)13-8(10-5)7(9)12;8-4-1-2-5(10-3-4)11-7(13)6(9)12/h8H,3-7H2,1-2H3;2-4H2,1H3,(H2,9,12);1-3H,(H2,9,12)(H,10,11,13). The number of rotatable bonds is 3. The van der Waals surface area contributed by atoms with Crippen molar-refractivity contribution in [2.45, 2.75) is 45.1 Å². The summed E-state index contributed by atoms with van der Waals surface area (Å²) >= 11 is 6.96. The van der Waals surface area contributed by atoms with Gasteiger partial charge in [-0.15, -0.1) is 11.3 Å². The summed E-state index contributed by atoms with van der Waals surface area (Å²) in [4.78, 5) is 56.4. The normalized spacial score (nSPS) is 15.1. The molecule has 0 unspecified atom stereocenters. The van der Waals surface area contributed by atoms with E-state index in [0.29, 0.717) is 21.9 Å². The van der Waals surface area contributed by atoms with Crippen LogP contribution < -0.4 is 16.8 Å². The lowest BCUT2D eigenvalue weighted by atomic mass is 9.88. The molecular weight excluding hydrogens is 518 g/mol. The quantitative estimate of drug-likeness (QED) is 0.491. The van der Waals surface area contributed by atoms with Crippen molar-refractivity contribution in [3.8, 4) is 0 Å². The van der Waals surface area contributed by atoms with Gasteiger partial charge in [-0.05, 0) is 32.0 Å². The molecule has 2 aromatic heterocycles. The van der Waals surface area contributed by atoms with E-state index < -0.39 is 17.7 Å². The maximum atomic E-state index is 11.4. The zero-order chi connectivity index (χ0) is 27.5. The number of nitrogens with one attached hydrogen (secondary N) is 1. The third-order valence-corrected chi connectivity index (χ3v) is 7.04. The van der Waals surface area contributed by atoms with E-state index >= 15 is 0 Å². The molecule has 0 radical (unpaired) electrons. The molecule has 0 bridgehead atoms. The summed E-state index contributed by atoms with van der Waals surface area (Å²) in [6.45, 7) is 1.90. The second-order valence-corrected chi connectivity index (χ2v) is 10.5. The number of fused-ring (bicyclic) bond motifs is 1. The highest BCUT2D eigenvalue weighted by Gasteiger charge is 2.22. The number of halogens is 1. The van der Waals surface area contributed by atoms with Crippen LogP contribution in [0.1, 0.15) is 52.5 Å².